The molecule has 0 saturated carbocycles. The molecule has 3 nitrogen and oxygen atoms in total. The molecule has 0 spiro atoms. The Kier molecular flexibility index (Phi) is 4.75. The molecule has 0 aromatic carbocycles. The maximum Gasteiger partial charge on any atom is 0.121 e. The van der Waals surface area contributed by atoms with Crippen LogP contribution in [-0.2, 0) is 4.74 Å². The van der Waals surface area contributed by atoms with Crippen molar-refractivity contribution in [1.29, 1.82) is 0 Å². The van der Waals surface area contributed by atoms with Gasteiger partial charge in [0.25, 0.3) is 0 Å². The molecule has 1 aromatic heterocycles. The zero-order valence-corrected chi connectivity index (χ0v) is 10.6. The Balaban J connectivity index is 1.63. The van der Waals surface area contributed by atoms with Crippen molar-refractivity contribution < 1.29 is 4.74 Å². The lowest BCUT2D eigenvalue weighted by Gasteiger charge is -2.23. The lowest BCUT2D eigenvalue weighted by molar-refractivity contribution is 0.0537. The molecule has 1 N–H and O–H groups in total. The van der Waals surface area contributed by atoms with Crippen LogP contribution in [0, 0.1) is 5.92 Å². The minimum absolute atomic E-state index is 0.150. The van der Waals surface area contributed by atoms with Crippen molar-refractivity contribution in [2.24, 2.45) is 5.92 Å². The first-order chi connectivity index (χ1) is 7.86. The Bertz CT molecular complexity index is 283. The van der Waals surface area contributed by atoms with Crippen LogP contribution in [0.4, 0.5) is 0 Å². The van der Waals surface area contributed by atoms with Gasteiger partial charge in [-0.25, -0.2) is 4.98 Å². The molecule has 1 saturated heterocycles. The number of thiazole rings is 1. The van der Waals surface area contributed by atoms with E-state index < -0.39 is 0 Å². The maximum absolute atomic E-state index is 5.81. The molecule has 4 heteroatoms. The first-order valence-corrected chi connectivity index (χ1v) is 6.96. The normalized spacial score (nSPS) is 23.2. The van der Waals surface area contributed by atoms with E-state index in [2.05, 4.69) is 17.2 Å². The van der Waals surface area contributed by atoms with E-state index >= 15 is 0 Å². The molecule has 1 aliphatic heterocycles. The van der Waals surface area contributed by atoms with E-state index in [0.717, 1.165) is 24.1 Å². The van der Waals surface area contributed by atoms with Gasteiger partial charge in [0.2, 0.25) is 0 Å². The van der Waals surface area contributed by atoms with Crippen molar-refractivity contribution >= 4 is 11.3 Å². The van der Waals surface area contributed by atoms with Gasteiger partial charge in [-0.3, -0.25) is 0 Å². The summed E-state index contributed by atoms with van der Waals surface area (Å²) >= 11 is 1.67. The molecule has 0 amide bonds. The van der Waals surface area contributed by atoms with Crippen molar-refractivity contribution in [3.63, 3.8) is 0 Å². The highest BCUT2D eigenvalue weighted by Gasteiger charge is 2.14. The molecule has 0 bridgehead atoms. The molecule has 1 fully saturated rings. The number of piperidine rings is 1. The number of nitrogens with zero attached hydrogens (tertiary/aromatic N) is 1. The average Bonchev–Trinajstić information content (AvgIpc) is 2.84. The fraction of sp³-hybridized carbons (Fsp3) is 0.750. The fourth-order valence-electron chi connectivity index (χ4n) is 2.09. The monoisotopic (exact) mass is 240 g/mol. The third-order valence-electron chi connectivity index (χ3n) is 3.09. The molecule has 0 radical (unpaired) electrons. The summed E-state index contributed by atoms with van der Waals surface area (Å²) < 4.78 is 5.81. The maximum atomic E-state index is 5.81. The molecule has 90 valence electrons. The first kappa shape index (κ1) is 12.0. The predicted molar refractivity (Wildman–Crippen MR) is 66.7 cm³/mol. The lowest BCUT2D eigenvalue weighted by atomic mass is 9.97. The third kappa shape index (κ3) is 3.54. The zero-order valence-electron chi connectivity index (χ0n) is 9.82. The molecule has 0 unspecified atom stereocenters. The van der Waals surface area contributed by atoms with Crippen LogP contribution in [0.25, 0.3) is 0 Å². The highest BCUT2D eigenvalue weighted by Crippen LogP contribution is 2.20. The Morgan fingerprint density at radius 2 is 2.62 bits per heavy atom. The van der Waals surface area contributed by atoms with Crippen molar-refractivity contribution in [2.75, 3.05) is 19.7 Å². The Morgan fingerprint density at radius 1 is 1.69 bits per heavy atom. The van der Waals surface area contributed by atoms with Crippen molar-refractivity contribution in [3.8, 4) is 0 Å². The largest absolute Gasteiger partial charge is 0.371 e. The standard InChI is InChI=1S/C12H20N2OS/c1-10(12-14-6-8-16-12)15-7-4-11-3-2-5-13-9-11/h6,8,10-11,13H,2-5,7,9H2,1H3/t10-,11-/m0/s1. The molecular weight excluding hydrogens is 220 g/mol. The Morgan fingerprint density at radius 3 is 3.31 bits per heavy atom. The van der Waals surface area contributed by atoms with Crippen molar-refractivity contribution in [3.05, 3.63) is 16.6 Å². The van der Waals surface area contributed by atoms with Crippen LogP contribution in [0.1, 0.15) is 37.3 Å². The van der Waals surface area contributed by atoms with Crippen LogP contribution >= 0.6 is 11.3 Å². The first-order valence-electron chi connectivity index (χ1n) is 6.08. The van der Waals surface area contributed by atoms with Gasteiger partial charge in [-0.15, -0.1) is 11.3 Å². The fourth-order valence-corrected chi connectivity index (χ4v) is 2.73. The van der Waals surface area contributed by atoms with Gasteiger partial charge >= 0.3 is 0 Å². The van der Waals surface area contributed by atoms with Crippen LogP contribution < -0.4 is 5.32 Å². The van der Waals surface area contributed by atoms with E-state index in [9.17, 15) is 0 Å². The molecular formula is C12H20N2OS. The summed E-state index contributed by atoms with van der Waals surface area (Å²) in [5.74, 6) is 0.803. The van der Waals surface area contributed by atoms with Gasteiger partial charge in [-0.05, 0) is 45.2 Å². The molecule has 2 rings (SSSR count). The second-order valence-electron chi connectivity index (χ2n) is 4.38. The minimum Gasteiger partial charge on any atom is -0.371 e. The summed E-state index contributed by atoms with van der Waals surface area (Å²) in [5.41, 5.74) is 0. The van der Waals surface area contributed by atoms with E-state index in [0.29, 0.717) is 0 Å². The van der Waals surface area contributed by atoms with E-state index in [4.69, 9.17) is 4.74 Å². The van der Waals surface area contributed by atoms with E-state index in [1.54, 1.807) is 11.3 Å². The van der Waals surface area contributed by atoms with Crippen LogP contribution in [-0.4, -0.2) is 24.7 Å². The second-order valence-corrected chi connectivity index (χ2v) is 5.31. The molecule has 16 heavy (non-hydrogen) atoms. The van der Waals surface area contributed by atoms with Crippen LogP contribution in [0.5, 0.6) is 0 Å². The third-order valence-corrected chi connectivity index (χ3v) is 4.03. The van der Waals surface area contributed by atoms with E-state index in [1.165, 1.54) is 25.8 Å². The number of aromatic nitrogens is 1. The number of rotatable bonds is 5. The summed E-state index contributed by atoms with van der Waals surface area (Å²) in [7, 11) is 0. The van der Waals surface area contributed by atoms with Crippen LogP contribution in [0.15, 0.2) is 11.6 Å². The summed E-state index contributed by atoms with van der Waals surface area (Å²) in [6.45, 7) is 5.28. The predicted octanol–water partition coefficient (Wildman–Crippen LogP) is 2.61. The lowest BCUT2D eigenvalue weighted by Crippen LogP contribution is -2.30. The number of nitrogens with one attached hydrogen (secondary N) is 1. The SMILES string of the molecule is C[C@H](OCC[C@@H]1CCCNC1)c1nccs1. The van der Waals surface area contributed by atoms with Gasteiger partial charge in [0.1, 0.15) is 11.1 Å². The van der Waals surface area contributed by atoms with Gasteiger partial charge in [0.15, 0.2) is 0 Å². The quantitative estimate of drug-likeness (QED) is 0.859. The number of ether oxygens (including phenoxy) is 1. The highest BCUT2D eigenvalue weighted by atomic mass is 32.1. The van der Waals surface area contributed by atoms with Crippen LogP contribution in [0.3, 0.4) is 0 Å². The average molecular weight is 240 g/mol. The van der Waals surface area contributed by atoms with Crippen molar-refractivity contribution in [2.45, 2.75) is 32.3 Å². The smallest absolute Gasteiger partial charge is 0.121 e. The highest BCUT2D eigenvalue weighted by molar-refractivity contribution is 7.09. The summed E-state index contributed by atoms with van der Waals surface area (Å²) in [6, 6.07) is 0. The Labute approximate surface area is 101 Å². The molecule has 2 atom stereocenters. The summed E-state index contributed by atoms with van der Waals surface area (Å²) in [6.07, 6.45) is 5.82. The van der Waals surface area contributed by atoms with Gasteiger partial charge < -0.3 is 10.1 Å². The van der Waals surface area contributed by atoms with Gasteiger partial charge in [0, 0.05) is 18.2 Å². The van der Waals surface area contributed by atoms with Crippen LogP contribution in [0.2, 0.25) is 0 Å². The number of hydrogen-bond acceptors (Lipinski definition) is 4. The summed E-state index contributed by atoms with van der Waals surface area (Å²) in [4.78, 5) is 4.26. The molecule has 1 aliphatic rings. The van der Waals surface area contributed by atoms with Gasteiger partial charge in [-0.2, -0.15) is 0 Å². The number of hydrogen-bond donors (Lipinski definition) is 1. The minimum atomic E-state index is 0.150. The van der Waals surface area contributed by atoms with E-state index in [1.807, 2.05) is 11.6 Å². The molecule has 1 aromatic rings. The Hall–Kier alpha value is -0.450. The van der Waals surface area contributed by atoms with Crippen molar-refractivity contribution in [1.82, 2.24) is 10.3 Å². The molecule has 2 heterocycles. The zero-order chi connectivity index (χ0) is 11.2. The van der Waals surface area contributed by atoms with Gasteiger partial charge in [0.05, 0.1) is 0 Å². The van der Waals surface area contributed by atoms with E-state index in [-0.39, 0.29) is 6.10 Å². The topological polar surface area (TPSA) is 34.1 Å². The molecule has 0 aliphatic carbocycles. The second kappa shape index (κ2) is 6.33. The summed E-state index contributed by atoms with van der Waals surface area (Å²) in [5, 5.41) is 6.52. The van der Waals surface area contributed by atoms with Gasteiger partial charge in [-0.1, -0.05) is 0 Å².